The van der Waals surface area contributed by atoms with Crippen LogP contribution >= 0.6 is 11.3 Å². The molecular formula is C14H20N4S. The van der Waals surface area contributed by atoms with Gasteiger partial charge in [-0.25, -0.2) is 9.97 Å². The third-order valence-electron chi connectivity index (χ3n) is 3.00. The molecule has 0 amide bonds. The number of nitrogens with one attached hydrogen (secondary N) is 1. The van der Waals surface area contributed by atoms with Crippen molar-refractivity contribution < 1.29 is 0 Å². The van der Waals surface area contributed by atoms with Crippen LogP contribution in [0.5, 0.6) is 0 Å². The highest BCUT2D eigenvalue weighted by molar-refractivity contribution is 7.09. The van der Waals surface area contributed by atoms with Crippen LogP contribution in [0.25, 0.3) is 0 Å². The summed E-state index contributed by atoms with van der Waals surface area (Å²) < 4.78 is 0. The second-order valence-corrected chi connectivity index (χ2v) is 5.66. The molecule has 0 aliphatic carbocycles. The molecule has 0 saturated carbocycles. The van der Waals surface area contributed by atoms with Gasteiger partial charge in [-0.2, -0.15) is 0 Å². The molecule has 0 unspecified atom stereocenters. The molecule has 0 bridgehead atoms. The van der Waals surface area contributed by atoms with Crippen molar-refractivity contribution >= 4 is 17.2 Å². The van der Waals surface area contributed by atoms with Gasteiger partial charge >= 0.3 is 0 Å². The van der Waals surface area contributed by atoms with Gasteiger partial charge in [0.05, 0.1) is 17.7 Å². The predicted octanol–water partition coefficient (Wildman–Crippen LogP) is 2.51. The minimum absolute atomic E-state index is 0.853. The molecular weight excluding hydrogens is 256 g/mol. The van der Waals surface area contributed by atoms with Crippen LogP contribution in [-0.4, -0.2) is 24.1 Å². The lowest BCUT2D eigenvalue weighted by atomic mass is 10.2. The van der Waals surface area contributed by atoms with E-state index in [2.05, 4.69) is 46.3 Å². The van der Waals surface area contributed by atoms with Crippen LogP contribution in [0.2, 0.25) is 0 Å². The zero-order chi connectivity index (χ0) is 13.8. The van der Waals surface area contributed by atoms with E-state index in [1.165, 1.54) is 10.4 Å². The molecule has 0 saturated heterocycles. The Balaban J connectivity index is 2.18. The van der Waals surface area contributed by atoms with Crippen LogP contribution in [0.4, 0.5) is 5.82 Å². The first-order chi connectivity index (χ1) is 9.10. The Hall–Kier alpha value is -1.46. The zero-order valence-electron chi connectivity index (χ0n) is 11.9. The normalized spacial score (nSPS) is 10.7. The van der Waals surface area contributed by atoms with Gasteiger partial charge in [-0.1, -0.05) is 0 Å². The smallest absolute Gasteiger partial charge is 0.129 e. The summed E-state index contributed by atoms with van der Waals surface area (Å²) in [5.74, 6) is 1.01. The van der Waals surface area contributed by atoms with Crippen LogP contribution in [0.15, 0.2) is 17.6 Å². The molecule has 2 rings (SSSR count). The van der Waals surface area contributed by atoms with E-state index in [-0.39, 0.29) is 0 Å². The molecule has 2 heterocycles. The van der Waals surface area contributed by atoms with E-state index in [9.17, 15) is 0 Å². The summed E-state index contributed by atoms with van der Waals surface area (Å²) in [6.45, 7) is 5.81. The summed E-state index contributed by atoms with van der Waals surface area (Å²) in [6, 6.07) is 4.26. The van der Waals surface area contributed by atoms with Crippen molar-refractivity contribution in [3.8, 4) is 0 Å². The second-order valence-electron chi connectivity index (χ2n) is 4.72. The van der Waals surface area contributed by atoms with Crippen molar-refractivity contribution in [3.05, 3.63) is 39.5 Å². The molecule has 4 nitrogen and oxygen atoms in total. The summed E-state index contributed by atoms with van der Waals surface area (Å²) in [7, 11) is 4.03. The van der Waals surface area contributed by atoms with Gasteiger partial charge in [0.15, 0.2) is 0 Å². The van der Waals surface area contributed by atoms with E-state index in [1.54, 1.807) is 11.3 Å². The Morgan fingerprint density at radius 2 is 2.11 bits per heavy atom. The molecule has 1 N–H and O–H groups in total. The molecule has 0 aliphatic heterocycles. The quantitative estimate of drug-likeness (QED) is 0.911. The molecule has 5 heteroatoms. The molecule has 102 valence electrons. The van der Waals surface area contributed by atoms with Crippen molar-refractivity contribution in [2.75, 3.05) is 19.0 Å². The number of aromatic nitrogens is 2. The topological polar surface area (TPSA) is 41.1 Å². The van der Waals surface area contributed by atoms with Gasteiger partial charge < -0.3 is 10.2 Å². The summed E-state index contributed by atoms with van der Waals surface area (Å²) in [6.07, 6.45) is 0. The highest BCUT2D eigenvalue weighted by atomic mass is 32.1. The second kappa shape index (κ2) is 6.12. The largest absolute Gasteiger partial charge is 0.354 e. The Bertz CT molecular complexity index is 550. The Morgan fingerprint density at radius 1 is 1.32 bits per heavy atom. The fourth-order valence-corrected chi connectivity index (χ4v) is 2.83. The fourth-order valence-electron chi connectivity index (χ4n) is 2.00. The van der Waals surface area contributed by atoms with Crippen molar-refractivity contribution in [2.45, 2.75) is 26.9 Å². The van der Waals surface area contributed by atoms with Gasteiger partial charge in [-0.15, -0.1) is 11.3 Å². The fraction of sp³-hybridized carbons (Fsp3) is 0.429. The Morgan fingerprint density at radius 3 is 2.74 bits per heavy atom. The van der Waals surface area contributed by atoms with Crippen molar-refractivity contribution in [1.29, 1.82) is 0 Å². The van der Waals surface area contributed by atoms with Crippen LogP contribution in [0.3, 0.4) is 0 Å². The van der Waals surface area contributed by atoms with Gasteiger partial charge in [0.1, 0.15) is 5.82 Å². The monoisotopic (exact) mass is 276 g/mol. The molecule has 0 aromatic carbocycles. The van der Waals surface area contributed by atoms with E-state index >= 15 is 0 Å². The van der Waals surface area contributed by atoms with Crippen molar-refractivity contribution in [1.82, 2.24) is 15.3 Å². The lowest BCUT2D eigenvalue weighted by Crippen LogP contribution is -2.18. The van der Waals surface area contributed by atoms with E-state index in [4.69, 9.17) is 0 Å². The lowest BCUT2D eigenvalue weighted by molar-refractivity contribution is 0.809. The summed E-state index contributed by atoms with van der Waals surface area (Å²) in [4.78, 5) is 12.4. The van der Waals surface area contributed by atoms with Gasteiger partial charge in [0.25, 0.3) is 0 Å². The summed E-state index contributed by atoms with van der Waals surface area (Å²) in [5, 5.41) is 3.18. The Labute approximate surface area is 118 Å². The van der Waals surface area contributed by atoms with E-state index in [0.717, 1.165) is 30.3 Å². The number of hydrogen-bond donors (Lipinski definition) is 1. The van der Waals surface area contributed by atoms with Crippen LogP contribution in [-0.2, 0) is 13.1 Å². The summed E-state index contributed by atoms with van der Waals surface area (Å²) in [5.41, 5.74) is 5.32. The molecule has 0 atom stereocenters. The van der Waals surface area contributed by atoms with Crippen molar-refractivity contribution in [3.63, 3.8) is 0 Å². The first-order valence-electron chi connectivity index (χ1n) is 6.32. The molecule has 0 spiro atoms. The van der Waals surface area contributed by atoms with Gasteiger partial charge in [0, 0.05) is 24.2 Å². The number of hydrogen-bond acceptors (Lipinski definition) is 5. The first kappa shape index (κ1) is 14.0. The number of pyridine rings is 1. The number of thiazole rings is 1. The average Bonchev–Trinajstić information content (AvgIpc) is 2.75. The zero-order valence-corrected chi connectivity index (χ0v) is 12.7. The van der Waals surface area contributed by atoms with E-state index in [1.807, 2.05) is 19.5 Å². The van der Waals surface area contributed by atoms with Crippen LogP contribution in [0, 0.1) is 13.8 Å². The molecule has 2 aromatic heterocycles. The number of nitrogens with zero attached hydrogens (tertiary/aromatic N) is 3. The molecule has 19 heavy (non-hydrogen) atoms. The minimum Gasteiger partial charge on any atom is -0.354 e. The van der Waals surface area contributed by atoms with Gasteiger partial charge in [0.2, 0.25) is 0 Å². The maximum absolute atomic E-state index is 4.61. The molecule has 0 fully saturated rings. The SMILES string of the molecule is CNCc1cc(C)nc(N(C)Cc2scnc2C)c1. The van der Waals surface area contributed by atoms with Crippen LogP contribution in [0.1, 0.15) is 21.8 Å². The van der Waals surface area contributed by atoms with E-state index < -0.39 is 0 Å². The molecule has 0 radical (unpaired) electrons. The number of anilines is 1. The van der Waals surface area contributed by atoms with Crippen LogP contribution < -0.4 is 10.2 Å². The standard InChI is InChI=1S/C14H20N4S/c1-10-5-12(7-15-3)6-14(17-10)18(4)8-13-11(2)16-9-19-13/h5-6,9,15H,7-8H2,1-4H3. The van der Waals surface area contributed by atoms with Gasteiger partial charge in [-0.3, -0.25) is 0 Å². The Kier molecular flexibility index (Phi) is 4.50. The number of rotatable bonds is 5. The summed E-state index contributed by atoms with van der Waals surface area (Å²) >= 11 is 1.70. The highest BCUT2D eigenvalue weighted by Crippen LogP contribution is 2.19. The predicted molar refractivity (Wildman–Crippen MR) is 80.7 cm³/mol. The minimum atomic E-state index is 0.853. The third-order valence-corrected chi connectivity index (χ3v) is 3.92. The highest BCUT2D eigenvalue weighted by Gasteiger charge is 2.09. The van der Waals surface area contributed by atoms with E-state index in [0.29, 0.717) is 0 Å². The van der Waals surface area contributed by atoms with Crippen molar-refractivity contribution in [2.24, 2.45) is 0 Å². The lowest BCUT2D eigenvalue weighted by Gasteiger charge is -2.19. The maximum atomic E-state index is 4.61. The first-order valence-corrected chi connectivity index (χ1v) is 7.20. The third kappa shape index (κ3) is 3.52. The maximum Gasteiger partial charge on any atom is 0.129 e. The number of aryl methyl sites for hydroxylation is 2. The van der Waals surface area contributed by atoms with Gasteiger partial charge in [-0.05, 0) is 38.6 Å². The average molecular weight is 276 g/mol. The molecule has 0 aliphatic rings. The molecule has 2 aromatic rings.